The maximum atomic E-state index is 13.7. The second-order valence-corrected chi connectivity index (χ2v) is 13.4. The smallest absolute Gasteiger partial charge is 0.253 e. The molecule has 2 atom stereocenters. The second kappa shape index (κ2) is 13.3. The SMILES string of the molecule is CCNc1ccc(C(c2ccc(C)c(CN3CCOc4ccccc4S3=O)c2)C(C)(C)NC(=O)c2ccc(=O)[nH]c2)c(C)c1N. The van der Waals surface area contributed by atoms with Crippen molar-refractivity contribution in [1.29, 1.82) is 0 Å². The normalized spacial score (nSPS) is 15.8. The van der Waals surface area contributed by atoms with Crippen LogP contribution in [0.3, 0.4) is 0 Å². The van der Waals surface area contributed by atoms with E-state index in [1.807, 2.05) is 62.3 Å². The van der Waals surface area contributed by atoms with Crippen molar-refractivity contribution in [2.75, 3.05) is 30.7 Å². The first kappa shape index (κ1) is 32.0. The highest BCUT2D eigenvalue weighted by molar-refractivity contribution is 7.82. The van der Waals surface area contributed by atoms with Crippen molar-refractivity contribution in [3.8, 4) is 5.75 Å². The number of hydrogen-bond donors (Lipinski definition) is 4. The molecule has 0 saturated heterocycles. The molecule has 5 N–H and O–H groups in total. The summed E-state index contributed by atoms with van der Waals surface area (Å²) in [4.78, 5) is 28.3. The number of fused-ring (bicyclic) bond motifs is 1. The quantitative estimate of drug-likeness (QED) is 0.187. The van der Waals surface area contributed by atoms with Gasteiger partial charge in [-0.3, -0.25) is 9.59 Å². The number of carbonyl (C=O) groups is 1. The van der Waals surface area contributed by atoms with Gasteiger partial charge in [0, 0.05) is 43.4 Å². The Morgan fingerprint density at radius 1 is 1.11 bits per heavy atom. The fourth-order valence-electron chi connectivity index (χ4n) is 5.94. The van der Waals surface area contributed by atoms with Gasteiger partial charge in [-0.1, -0.05) is 36.4 Å². The van der Waals surface area contributed by atoms with Gasteiger partial charge in [-0.2, -0.15) is 0 Å². The number of pyridine rings is 1. The third kappa shape index (κ3) is 6.82. The van der Waals surface area contributed by atoms with Crippen LogP contribution in [0.5, 0.6) is 5.75 Å². The van der Waals surface area contributed by atoms with E-state index in [0.29, 0.717) is 41.6 Å². The lowest BCUT2D eigenvalue weighted by molar-refractivity contribution is 0.0905. The van der Waals surface area contributed by atoms with E-state index in [-0.39, 0.29) is 17.4 Å². The van der Waals surface area contributed by atoms with E-state index in [1.165, 1.54) is 18.3 Å². The molecule has 4 aromatic rings. The van der Waals surface area contributed by atoms with Gasteiger partial charge in [-0.05, 0) is 86.7 Å². The molecule has 1 aromatic heterocycles. The molecule has 0 bridgehead atoms. The van der Waals surface area contributed by atoms with Crippen molar-refractivity contribution in [3.05, 3.63) is 117 Å². The fourth-order valence-corrected chi connectivity index (χ4v) is 7.21. The van der Waals surface area contributed by atoms with Gasteiger partial charge >= 0.3 is 0 Å². The van der Waals surface area contributed by atoms with Gasteiger partial charge in [-0.25, -0.2) is 8.51 Å². The van der Waals surface area contributed by atoms with Crippen LogP contribution in [0.1, 0.15) is 64.9 Å². The van der Waals surface area contributed by atoms with Crippen molar-refractivity contribution in [2.45, 2.75) is 57.5 Å². The number of para-hydroxylation sites is 1. The molecule has 1 aliphatic rings. The predicted molar refractivity (Wildman–Crippen MR) is 180 cm³/mol. The summed E-state index contributed by atoms with van der Waals surface area (Å²) in [5.74, 6) is 0.0419. The number of aromatic amines is 1. The Hall–Kier alpha value is -4.41. The van der Waals surface area contributed by atoms with Gasteiger partial charge in [0.2, 0.25) is 5.56 Å². The number of nitrogens with one attached hydrogen (secondary N) is 3. The van der Waals surface area contributed by atoms with Gasteiger partial charge in [0.05, 0.1) is 21.8 Å². The summed E-state index contributed by atoms with van der Waals surface area (Å²) in [7, 11) is -1.39. The highest BCUT2D eigenvalue weighted by Crippen LogP contribution is 2.41. The minimum absolute atomic E-state index is 0.275. The Morgan fingerprint density at radius 3 is 2.62 bits per heavy atom. The number of aryl methyl sites for hydroxylation is 1. The van der Waals surface area contributed by atoms with Crippen molar-refractivity contribution in [1.82, 2.24) is 14.6 Å². The first-order valence-electron chi connectivity index (χ1n) is 15.1. The van der Waals surface area contributed by atoms with Crippen LogP contribution in [0, 0.1) is 13.8 Å². The Kier molecular flexibility index (Phi) is 9.45. The van der Waals surface area contributed by atoms with E-state index in [2.05, 4.69) is 46.8 Å². The van der Waals surface area contributed by atoms with Crippen LogP contribution in [0.4, 0.5) is 11.4 Å². The molecule has 9 nitrogen and oxygen atoms in total. The third-order valence-corrected chi connectivity index (χ3v) is 9.86. The van der Waals surface area contributed by atoms with Crippen LogP contribution in [0.15, 0.2) is 82.6 Å². The van der Waals surface area contributed by atoms with Crippen LogP contribution >= 0.6 is 0 Å². The molecule has 0 radical (unpaired) electrons. The molecule has 2 unspecified atom stereocenters. The Balaban J connectivity index is 1.56. The topological polar surface area (TPSA) is 130 Å². The molecule has 236 valence electrons. The van der Waals surface area contributed by atoms with E-state index in [9.17, 15) is 13.8 Å². The standard InChI is InChI=1S/C35H41N5O4S/c1-6-37-28-15-14-27(23(3)33(28)36)32(35(4,5)39-34(42)25-13-16-31(41)38-20-25)24-12-11-22(2)26(19-24)21-40-17-18-44-29-9-7-8-10-30(29)45(40)43/h7-16,19-20,32,37H,6,17-18,21,36H2,1-5H3,(H,38,41)(H,39,42). The highest BCUT2D eigenvalue weighted by atomic mass is 32.2. The summed E-state index contributed by atoms with van der Waals surface area (Å²) in [5, 5.41) is 6.55. The molecule has 10 heteroatoms. The van der Waals surface area contributed by atoms with Gasteiger partial charge in [-0.15, -0.1) is 0 Å². The Bertz CT molecular complexity index is 1780. The van der Waals surface area contributed by atoms with Crippen LogP contribution in [-0.2, 0) is 17.5 Å². The zero-order valence-corrected chi connectivity index (χ0v) is 27.2. The van der Waals surface area contributed by atoms with E-state index in [4.69, 9.17) is 10.5 Å². The number of benzene rings is 3. The minimum atomic E-state index is -1.39. The van der Waals surface area contributed by atoms with E-state index < -0.39 is 16.5 Å². The lowest BCUT2D eigenvalue weighted by atomic mass is 9.74. The van der Waals surface area contributed by atoms with Crippen molar-refractivity contribution in [3.63, 3.8) is 0 Å². The molecule has 0 aliphatic carbocycles. The van der Waals surface area contributed by atoms with E-state index >= 15 is 0 Å². The molecular formula is C35H41N5O4S. The van der Waals surface area contributed by atoms with Crippen molar-refractivity contribution < 1.29 is 13.7 Å². The van der Waals surface area contributed by atoms with Crippen LogP contribution < -0.4 is 26.7 Å². The van der Waals surface area contributed by atoms with Gasteiger partial charge in [0.1, 0.15) is 23.3 Å². The highest BCUT2D eigenvalue weighted by Gasteiger charge is 2.36. The van der Waals surface area contributed by atoms with Crippen molar-refractivity contribution >= 4 is 28.3 Å². The molecule has 2 heterocycles. The molecular weight excluding hydrogens is 586 g/mol. The number of H-pyrrole nitrogens is 1. The molecule has 0 fully saturated rings. The third-order valence-electron chi connectivity index (χ3n) is 8.36. The number of hydrogen-bond acceptors (Lipinski definition) is 6. The monoisotopic (exact) mass is 627 g/mol. The Labute approximate surface area is 266 Å². The fraction of sp³-hybridized carbons (Fsp3) is 0.314. The zero-order valence-electron chi connectivity index (χ0n) is 26.4. The molecule has 5 rings (SSSR count). The number of rotatable bonds is 9. The first-order chi connectivity index (χ1) is 21.5. The van der Waals surface area contributed by atoms with Gasteiger partial charge in [0.25, 0.3) is 5.91 Å². The van der Waals surface area contributed by atoms with E-state index in [1.54, 1.807) is 0 Å². The first-order valence-corrected chi connectivity index (χ1v) is 16.2. The number of nitrogens with zero attached hydrogens (tertiary/aromatic N) is 1. The molecule has 0 spiro atoms. The molecule has 45 heavy (non-hydrogen) atoms. The van der Waals surface area contributed by atoms with E-state index in [0.717, 1.165) is 40.0 Å². The number of aromatic nitrogens is 1. The maximum Gasteiger partial charge on any atom is 0.253 e. The minimum Gasteiger partial charge on any atom is -0.491 e. The number of carbonyl (C=O) groups excluding carboxylic acids is 1. The number of amides is 1. The zero-order chi connectivity index (χ0) is 32.3. The van der Waals surface area contributed by atoms with Gasteiger partial charge < -0.3 is 26.1 Å². The summed E-state index contributed by atoms with van der Waals surface area (Å²) in [6.45, 7) is 12.2. The average molecular weight is 628 g/mol. The summed E-state index contributed by atoms with van der Waals surface area (Å²) >= 11 is 0. The lowest BCUT2D eigenvalue weighted by Crippen LogP contribution is -2.48. The summed E-state index contributed by atoms with van der Waals surface area (Å²) < 4.78 is 21.5. The molecule has 1 amide bonds. The average Bonchev–Trinajstić information content (AvgIpc) is 3.16. The summed E-state index contributed by atoms with van der Waals surface area (Å²) in [6, 6.07) is 20.7. The number of nitrogen functional groups attached to an aromatic ring is 1. The molecule has 3 aromatic carbocycles. The number of nitrogens with two attached hydrogens (primary N) is 1. The second-order valence-electron chi connectivity index (χ2n) is 11.9. The van der Waals surface area contributed by atoms with Crippen LogP contribution in [-0.4, -0.2) is 44.6 Å². The van der Waals surface area contributed by atoms with Gasteiger partial charge in [0.15, 0.2) is 0 Å². The molecule has 0 saturated carbocycles. The summed E-state index contributed by atoms with van der Waals surface area (Å²) in [6.07, 6.45) is 1.42. The maximum absolute atomic E-state index is 13.7. The van der Waals surface area contributed by atoms with Crippen LogP contribution in [0.2, 0.25) is 0 Å². The summed E-state index contributed by atoms with van der Waals surface area (Å²) in [5.41, 5.74) is 12.5. The number of ether oxygens (including phenoxy) is 1. The largest absolute Gasteiger partial charge is 0.491 e. The van der Waals surface area contributed by atoms with Crippen molar-refractivity contribution in [2.24, 2.45) is 0 Å². The lowest BCUT2D eigenvalue weighted by Gasteiger charge is -2.38. The number of anilines is 2. The molecule has 1 aliphatic heterocycles. The van der Waals surface area contributed by atoms with Crippen LogP contribution in [0.25, 0.3) is 0 Å². The predicted octanol–water partition coefficient (Wildman–Crippen LogP) is 5.26. The Morgan fingerprint density at radius 2 is 1.89 bits per heavy atom.